The van der Waals surface area contributed by atoms with Crippen LogP contribution in [0.2, 0.25) is 0 Å². The Kier molecular flexibility index (Phi) is 7.43. The van der Waals surface area contributed by atoms with Gasteiger partial charge in [-0.15, -0.1) is 0 Å². The highest BCUT2D eigenvalue weighted by Crippen LogP contribution is 2.22. The molecule has 2 atom stereocenters. The number of amides is 2. The van der Waals surface area contributed by atoms with E-state index in [0.717, 1.165) is 22.6 Å². The van der Waals surface area contributed by atoms with E-state index in [-0.39, 0.29) is 23.8 Å². The van der Waals surface area contributed by atoms with Crippen molar-refractivity contribution >= 4 is 11.8 Å². The molecule has 7 heteroatoms. The van der Waals surface area contributed by atoms with E-state index in [2.05, 4.69) is 15.2 Å². The van der Waals surface area contributed by atoms with Crippen molar-refractivity contribution in [2.75, 3.05) is 13.1 Å². The number of hydrogen-bond donors (Lipinski definition) is 1. The number of carbonyl (C=O) groups excluding carboxylic acids is 2. The highest BCUT2D eigenvalue weighted by atomic mass is 16.3. The van der Waals surface area contributed by atoms with Gasteiger partial charge in [-0.1, -0.05) is 44.2 Å². The van der Waals surface area contributed by atoms with Crippen LogP contribution < -0.4 is 5.32 Å². The highest BCUT2D eigenvalue weighted by Gasteiger charge is 2.40. The summed E-state index contributed by atoms with van der Waals surface area (Å²) >= 11 is 0. The zero-order valence-electron chi connectivity index (χ0n) is 20.0. The molecule has 0 bridgehead atoms. The SMILES string of the molecule is CC(C)C(=O)N1C(C)CN(Cc2ccccn2)CC1C(=O)NCc1ccc(-c2ccco2)cc1. The Morgan fingerprint density at radius 1 is 1.09 bits per heavy atom. The Morgan fingerprint density at radius 2 is 1.88 bits per heavy atom. The number of nitrogens with zero attached hydrogens (tertiary/aromatic N) is 3. The third-order valence-electron chi connectivity index (χ3n) is 6.15. The molecule has 7 nitrogen and oxygen atoms in total. The first kappa shape index (κ1) is 23.7. The van der Waals surface area contributed by atoms with Crippen LogP contribution >= 0.6 is 0 Å². The smallest absolute Gasteiger partial charge is 0.244 e. The zero-order chi connectivity index (χ0) is 24.1. The third-order valence-corrected chi connectivity index (χ3v) is 6.15. The van der Waals surface area contributed by atoms with Crippen molar-refractivity contribution in [1.82, 2.24) is 20.1 Å². The quantitative estimate of drug-likeness (QED) is 0.582. The molecule has 1 fully saturated rings. The average Bonchev–Trinajstić information content (AvgIpc) is 3.38. The molecule has 1 saturated heterocycles. The molecule has 2 aromatic heterocycles. The van der Waals surface area contributed by atoms with Gasteiger partial charge in [0.15, 0.2) is 0 Å². The van der Waals surface area contributed by atoms with Crippen LogP contribution in [0.15, 0.2) is 71.5 Å². The van der Waals surface area contributed by atoms with Crippen LogP contribution in [0.25, 0.3) is 11.3 Å². The molecule has 1 N–H and O–H groups in total. The minimum atomic E-state index is -0.551. The molecular formula is C27H32N4O3. The zero-order valence-corrected chi connectivity index (χ0v) is 20.0. The molecule has 1 aliphatic heterocycles. The Morgan fingerprint density at radius 3 is 2.53 bits per heavy atom. The second-order valence-electron chi connectivity index (χ2n) is 9.17. The van der Waals surface area contributed by atoms with Crippen molar-refractivity contribution < 1.29 is 14.0 Å². The van der Waals surface area contributed by atoms with Gasteiger partial charge in [0.05, 0.1) is 12.0 Å². The van der Waals surface area contributed by atoms with Crippen LogP contribution in [-0.4, -0.2) is 51.8 Å². The monoisotopic (exact) mass is 460 g/mol. The van der Waals surface area contributed by atoms with Gasteiger partial charge in [0, 0.05) is 49.9 Å². The van der Waals surface area contributed by atoms with Gasteiger partial charge in [0.25, 0.3) is 0 Å². The van der Waals surface area contributed by atoms with Gasteiger partial charge < -0.3 is 14.6 Å². The van der Waals surface area contributed by atoms with Crippen molar-refractivity contribution in [3.63, 3.8) is 0 Å². The van der Waals surface area contributed by atoms with Gasteiger partial charge in [-0.3, -0.25) is 19.5 Å². The first-order chi connectivity index (χ1) is 16.4. The fourth-order valence-corrected chi connectivity index (χ4v) is 4.44. The maximum Gasteiger partial charge on any atom is 0.244 e. The molecule has 1 aromatic carbocycles. The van der Waals surface area contributed by atoms with Crippen LogP contribution in [0.4, 0.5) is 0 Å². The summed E-state index contributed by atoms with van der Waals surface area (Å²) in [7, 11) is 0. The van der Waals surface area contributed by atoms with Gasteiger partial charge in [0.2, 0.25) is 11.8 Å². The highest BCUT2D eigenvalue weighted by molar-refractivity contribution is 5.89. The second kappa shape index (κ2) is 10.7. The Balaban J connectivity index is 1.45. The fourth-order valence-electron chi connectivity index (χ4n) is 4.44. The number of piperazine rings is 1. The molecule has 0 aliphatic carbocycles. The molecule has 0 radical (unpaired) electrons. The van der Waals surface area contributed by atoms with Gasteiger partial charge in [0.1, 0.15) is 11.8 Å². The molecule has 2 unspecified atom stereocenters. The van der Waals surface area contributed by atoms with E-state index in [1.165, 1.54) is 0 Å². The molecule has 2 amide bonds. The van der Waals surface area contributed by atoms with Crippen molar-refractivity contribution in [1.29, 1.82) is 0 Å². The van der Waals surface area contributed by atoms with E-state index < -0.39 is 6.04 Å². The van der Waals surface area contributed by atoms with E-state index in [4.69, 9.17) is 4.42 Å². The van der Waals surface area contributed by atoms with Crippen molar-refractivity contribution in [2.45, 2.75) is 45.9 Å². The number of aromatic nitrogens is 1. The lowest BCUT2D eigenvalue weighted by Crippen LogP contribution is -2.64. The number of rotatable bonds is 7. The molecule has 0 spiro atoms. The van der Waals surface area contributed by atoms with E-state index in [9.17, 15) is 9.59 Å². The van der Waals surface area contributed by atoms with Crippen molar-refractivity contribution in [3.8, 4) is 11.3 Å². The number of benzene rings is 1. The summed E-state index contributed by atoms with van der Waals surface area (Å²) in [5.74, 6) is 0.506. The predicted molar refractivity (Wildman–Crippen MR) is 130 cm³/mol. The summed E-state index contributed by atoms with van der Waals surface area (Å²) in [6.07, 6.45) is 3.43. The lowest BCUT2D eigenvalue weighted by Gasteiger charge is -2.45. The lowest BCUT2D eigenvalue weighted by molar-refractivity contribution is -0.150. The number of hydrogen-bond acceptors (Lipinski definition) is 5. The van der Waals surface area contributed by atoms with Crippen LogP contribution in [0, 0.1) is 5.92 Å². The number of pyridine rings is 1. The first-order valence-corrected chi connectivity index (χ1v) is 11.8. The largest absolute Gasteiger partial charge is 0.464 e. The minimum Gasteiger partial charge on any atom is -0.464 e. The molecule has 34 heavy (non-hydrogen) atoms. The van der Waals surface area contributed by atoms with Gasteiger partial charge in [-0.05, 0) is 36.8 Å². The van der Waals surface area contributed by atoms with E-state index in [1.54, 1.807) is 17.4 Å². The normalized spacial score (nSPS) is 18.8. The summed E-state index contributed by atoms with van der Waals surface area (Å²) in [4.78, 5) is 34.8. The van der Waals surface area contributed by atoms with Gasteiger partial charge in [-0.25, -0.2) is 0 Å². The predicted octanol–water partition coefficient (Wildman–Crippen LogP) is 3.72. The lowest BCUT2D eigenvalue weighted by atomic mass is 10.0. The number of furan rings is 1. The van der Waals surface area contributed by atoms with Gasteiger partial charge in [-0.2, -0.15) is 0 Å². The summed E-state index contributed by atoms with van der Waals surface area (Å²) in [5.41, 5.74) is 2.92. The minimum absolute atomic E-state index is 0.00735. The maximum absolute atomic E-state index is 13.3. The van der Waals surface area contributed by atoms with Crippen LogP contribution in [0.1, 0.15) is 32.0 Å². The fraction of sp³-hybridized carbons (Fsp3) is 0.370. The molecule has 178 valence electrons. The van der Waals surface area contributed by atoms with E-state index >= 15 is 0 Å². The van der Waals surface area contributed by atoms with Crippen LogP contribution in [-0.2, 0) is 22.7 Å². The molecule has 3 aromatic rings. The van der Waals surface area contributed by atoms with Crippen LogP contribution in [0.3, 0.4) is 0 Å². The Hall–Kier alpha value is -3.45. The van der Waals surface area contributed by atoms with E-state index in [0.29, 0.717) is 26.2 Å². The van der Waals surface area contributed by atoms with Gasteiger partial charge >= 0.3 is 0 Å². The summed E-state index contributed by atoms with van der Waals surface area (Å²) in [6.45, 7) is 7.99. The summed E-state index contributed by atoms with van der Waals surface area (Å²) < 4.78 is 5.44. The third kappa shape index (κ3) is 5.54. The second-order valence-corrected chi connectivity index (χ2v) is 9.17. The molecular weight excluding hydrogens is 428 g/mol. The topological polar surface area (TPSA) is 78.7 Å². The number of nitrogens with one attached hydrogen (secondary N) is 1. The maximum atomic E-state index is 13.3. The molecule has 1 aliphatic rings. The molecule has 4 rings (SSSR count). The summed E-state index contributed by atoms with van der Waals surface area (Å²) in [5, 5.41) is 3.05. The van der Waals surface area contributed by atoms with Crippen LogP contribution in [0.5, 0.6) is 0 Å². The number of carbonyl (C=O) groups is 2. The standard InChI is InChI=1S/C27H32N4O3/c1-19(2)27(33)31-20(3)16-30(17-23-7-4-5-13-28-23)18-24(31)26(32)29-15-21-9-11-22(12-10-21)25-8-6-14-34-25/h4-14,19-20,24H,15-18H2,1-3H3,(H,29,32). The Bertz CT molecular complexity index is 1080. The molecule has 0 saturated carbocycles. The average molecular weight is 461 g/mol. The van der Waals surface area contributed by atoms with Crippen molar-refractivity contribution in [3.05, 3.63) is 78.3 Å². The first-order valence-electron chi connectivity index (χ1n) is 11.8. The van der Waals surface area contributed by atoms with Crippen molar-refractivity contribution in [2.24, 2.45) is 5.92 Å². The van der Waals surface area contributed by atoms with E-state index in [1.807, 2.05) is 75.4 Å². The summed E-state index contributed by atoms with van der Waals surface area (Å²) in [6, 6.07) is 16.9. The Labute approximate surface area is 200 Å². The molecule has 3 heterocycles.